The second-order valence-corrected chi connectivity index (χ2v) is 4.07. The molecule has 0 aliphatic rings. The van der Waals surface area contributed by atoms with E-state index in [1.807, 2.05) is 36.4 Å². The van der Waals surface area contributed by atoms with Crippen LogP contribution in [0.2, 0.25) is 0 Å². The van der Waals surface area contributed by atoms with E-state index in [1.165, 1.54) is 7.11 Å². The second kappa shape index (κ2) is 6.00. The predicted molar refractivity (Wildman–Crippen MR) is 69.0 cm³/mol. The van der Waals surface area contributed by atoms with Crippen LogP contribution < -0.4 is 0 Å². The Bertz CT molecular complexity index is 506. The van der Waals surface area contributed by atoms with E-state index in [0.29, 0.717) is 6.42 Å². The normalized spacial score (nSPS) is 10.3. The molecule has 0 aliphatic carbocycles. The summed E-state index contributed by atoms with van der Waals surface area (Å²) in [6, 6.07) is 12.0. The number of carbonyl (C=O) groups excluding carboxylic acids is 1. The fourth-order valence-corrected chi connectivity index (χ4v) is 1.77. The second-order valence-electron chi connectivity index (χ2n) is 4.07. The molecule has 2 rings (SSSR count). The number of aromatic amines is 1. The number of hydrogen-bond acceptors (Lipinski definition) is 3. The van der Waals surface area contributed by atoms with Gasteiger partial charge in [-0.3, -0.25) is 9.89 Å². The zero-order chi connectivity index (χ0) is 12.8. The van der Waals surface area contributed by atoms with Crippen molar-refractivity contribution in [2.24, 2.45) is 0 Å². The molecule has 0 unspecified atom stereocenters. The highest BCUT2D eigenvalue weighted by molar-refractivity contribution is 5.69. The van der Waals surface area contributed by atoms with Gasteiger partial charge >= 0.3 is 5.97 Å². The summed E-state index contributed by atoms with van der Waals surface area (Å²) in [6.45, 7) is 0. The van der Waals surface area contributed by atoms with Gasteiger partial charge in [0.05, 0.1) is 12.8 Å². The third kappa shape index (κ3) is 3.20. The van der Waals surface area contributed by atoms with Crippen LogP contribution in [0.5, 0.6) is 0 Å². The van der Waals surface area contributed by atoms with Crippen LogP contribution in [0.3, 0.4) is 0 Å². The van der Waals surface area contributed by atoms with Gasteiger partial charge in [0.25, 0.3) is 0 Å². The number of esters is 1. The molecule has 1 aromatic heterocycles. The van der Waals surface area contributed by atoms with Gasteiger partial charge in [-0.05, 0) is 18.9 Å². The van der Waals surface area contributed by atoms with Crippen molar-refractivity contribution in [3.05, 3.63) is 42.1 Å². The first-order chi connectivity index (χ1) is 8.79. The molecule has 4 nitrogen and oxygen atoms in total. The van der Waals surface area contributed by atoms with Crippen LogP contribution in [0.25, 0.3) is 11.3 Å². The fraction of sp³-hybridized carbons (Fsp3) is 0.286. The molecule has 2 aromatic rings. The lowest BCUT2D eigenvalue weighted by Gasteiger charge is -1.97. The van der Waals surface area contributed by atoms with Gasteiger partial charge in [-0.2, -0.15) is 5.10 Å². The zero-order valence-electron chi connectivity index (χ0n) is 10.3. The minimum absolute atomic E-state index is 0.169. The Morgan fingerprint density at radius 3 is 2.83 bits per heavy atom. The zero-order valence-corrected chi connectivity index (χ0v) is 10.3. The average molecular weight is 244 g/mol. The summed E-state index contributed by atoms with van der Waals surface area (Å²) in [6.07, 6.45) is 2.01. The van der Waals surface area contributed by atoms with Crippen molar-refractivity contribution in [3.63, 3.8) is 0 Å². The lowest BCUT2D eigenvalue weighted by atomic mass is 10.1. The molecule has 0 saturated carbocycles. The molecule has 0 amide bonds. The van der Waals surface area contributed by atoms with Crippen molar-refractivity contribution < 1.29 is 9.53 Å². The maximum atomic E-state index is 11.0. The third-order valence-electron chi connectivity index (χ3n) is 2.76. The number of benzene rings is 1. The molecule has 0 aliphatic heterocycles. The van der Waals surface area contributed by atoms with Crippen LogP contribution in [0.4, 0.5) is 0 Å². The average Bonchev–Trinajstić information content (AvgIpc) is 2.88. The summed E-state index contributed by atoms with van der Waals surface area (Å²) >= 11 is 0. The number of aryl methyl sites for hydroxylation is 1. The van der Waals surface area contributed by atoms with E-state index in [9.17, 15) is 4.79 Å². The van der Waals surface area contributed by atoms with Crippen LogP contribution in [0, 0.1) is 0 Å². The van der Waals surface area contributed by atoms with Crippen LogP contribution >= 0.6 is 0 Å². The minimum Gasteiger partial charge on any atom is -0.469 e. The first kappa shape index (κ1) is 12.4. The quantitative estimate of drug-likeness (QED) is 0.822. The minimum atomic E-state index is -0.169. The van der Waals surface area contributed by atoms with E-state index in [0.717, 1.165) is 29.8 Å². The fourth-order valence-electron chi connectivity index (χ4n) is 1.77. The van der Waals surface area contributed by atoms with E-state index in [4.69, 9.17) is 0 Å². The van der Waals surface area contributed by atoms with Crippen molar-refractivity contribution in [2.75, 3.05) is 7.11 Å². The molecule has 1 aromatic carbocycles. The highest BCUT2D eigenvalue weighted by Gasteiger charge is 2.05. The van der Waals surface area contributed by atoms with Gasteiger partial charge in [0.1, 0.15) is 0 Å². The summed E-state index contributed by atoms with van der Waals surface area (Å²) in [4.78, 5) is 11.0. The molecule has 94 valence electrons. The number of nitrogens with zero attached hydrogens (tertiary/aromatic N) is 1. The molecule has 4 heteroatoms. The van der Waals surface area contributed by atoms with Crippen molar-refractivity contribution in [3.8, 4) is 11.3 Å². The predicted octanol–water partition coefficient (Wildman–Crippen LogP) is 2.57. The SMILES string of the molecule is COC(=O)CCCc1cc(-c2ccccc2)n[nH]1. The molecule has 0 saturated heterocycles. The number of aromatic nitrogens is 2. The summed E-state index contributed by atoms with van der Waals surface area (Å²) in [5.74, 6) is -0.169. The van der Waals surface area contributed by atoms with E-state index in [1.54, 1.807) is 0 Å². The van der Waals surface area contributed by atoms with Crippen LogP contribution in [0.1, 0.15) is 18.5 Å². The number of H-pyrrole nitrogens is 1. The first-order valence-electron chi connectivity index (χ1n) is 5.96. The number of ether oxygens (including phenoxy) is 1. The van der Waals surface area contributed by atoms with Gasteiger partial charge in [0, 0.05) is 17.7 Å². The lowest BCUT2D eigenvalue weighted by Crippen LogP contribution is -2.00. The molecule has 1 N–H and O–H groups in total. The molecule has 18 heavy (non-hydrogen) atoms. The van der Waals surface area contributed by atoms with E-state index >= 15 is 0 Å². The molecule has 0 fully saturated rings. The topological polar surface area (TPSA) is 55.0 Å². The summed E-state index contributed by atoms with van der Waals surface area (Å²) in [5, 5.41) is 7.26. The van der Waals surface area contributed by atoms with Gasteiger partial charge in [-0.25, -0.2) is 0 Å². The van der Waals surface area contributed by atoms with E-state index < -0.39 is 0 Å². The molecule has 1 heterocycles. The maximum Gasteiger partial charge on any atom is 0.305 e. The molecule has 0 atom stereocenters. The van der Waals surface area contributed by atoms with Crippen LogP contribution in [0.15, 0.2) is 36.4 Å². The number of methoxy groups -OCH3 is 1. The summed E-state index contributed by atoms with van der Waals surface area (Å²) in [7, 11) is 1.41. The van der Waals surface area contributed by atoms with Gasteiger partial charge in [0.2, 0.25) is 0 Å². The molecule has 0 radical (unpaired) electrons. The van der Waals surface area contributed by atoms with E-state index in [-0.39, 0.29) is 5.97 Å². The van der Waals surface area contributed by atoms with Crippen molar-refractivity contribution >= 4 is 5.97 Å². The highest BCUT2D eigenvalue weighted by Crippen LogP contribution is 2.17. The number of rotatable bonds is 5. The van der Waals surface area contributed by atoms with Gasteiger partial charge < -0.3 is 4.74 Å². The van der Waals surface area contributed by atoms with Crippen LogP contribution in [-0.2, 0) is 16.0 Å². The monoisotopic (exact) mass is 244 g/mol. The third-order valence-corrected chi connectivity index (χ3v) is 2.76. The van der Waals surface area contributed by atoms with Crippen molar-refractivity contribution in [1.82, 2.24) is 10.2 Å². The first-order valence-corrected chi connectivity index (χ1v) is 5.96. The van der Waals surface area contributed by atoms with Gasteiger partial charge in [0.15, 0.2) is 0 Å². The largest absolute Gasteiger partial charge is 0.469 e. The molecular formula is C14H16N2O2. The highest BCUT2D eigenvalue weighted by atomic mass is 16.5. The van der Waals surface area contributed by atoms with Gasteiger partial charge in [-0.1, -0.05) is 30.3 Å². The Kier molecular flexibility index (Phi) is 4.12. The Morgan fingerprint density at radius 1 is 1.33 bits per heavy atom. The van der Waals surface area contributed by atoms with Crippen LogP contribution in [-0.4, -0.2) is 23.3 Å². The van der Waals surface area contributed by atoms with Crippen molar-refractivity contribution in [1.29, 1.82) is 0 Å². The maximum absolute atomic E-state index is 11.0. The standard InChI is InChI=1S/C14H16N2O2/c1-18-14(17)9-5-8-12-10-13(16-15-12)11-6-3-2-4-7-11/h2-4,6-7,10H,5,8-9H2,1H3,(H,15,16). The Hall–Kier alpha value is -2.10. The molecular weight excluding hydrogens is 228 g/mol. The Labute approximate surface area is 106 Å². The smallest absolute Gasteiger partial charge is 0.305 e. The number of carbonyl (C=O) groups is 1. The summed E-state index contributed by atoms with van der Waals surface area (Å²) in [5.41, 5.74) is 3.06. The van der Waals surface area contributed by atoms with E-state index in [2.05, 4.69) is 14.9 Å². The molecule has 0 spiro atoms. The lowest BCUT2D eigenvalue weighted by molar-refractivity contribution is -0.140. The number of nitrogens with one attached hydrogen (secondary N) is 1. The Morgan fingerprint density at radius 2 is 2.11 bits per heavy atom. The molecule has 0 bridgehead atoms. The summed E-state index contributed by atoms with van der Waals surface area (Å²) < 4.78 is 4.60. The number of hydrogen-bond donors (Lipinski definition) is 1. The van der Waals surface area contributed by atoms with Crippen molar-refractivity contribution in [2.45, 2.75) is 19.3 Å². The Balaban J connectivity index is 1.93. The van der Waals surface area contributed by atoms with Gasteiger partial charge in [-0.15, -0.1) is 0 Å².